The minimum Gasteiger partial charge on any atom is -0.349 e. The fourth-order valence-electron chi connectivity index (χ4n) is 5.61. The van der Waals surface area contributed by atoms with Crippen molar-refractivity contribution in [1.82, 2.24) is 25.0 Å². The van der Waals surface area contributed by atoms with Gasteiger partial charge in [0.2, 0.25) is 5.91 Å². The van der Waals surface area contributed by atoms with Gasteiger partial charge in [0.05, 0.1) is 6.04 Å². The number of amides is 1. The van der Waals surface area contributed by atoms with Crippen molar-refractivity contribution in [3.8, 4) is 0 Å². The van der Waals surface area contributed by atoms with E-state index in [1.807, 2.05) is 12.1 Å². The molecule has 2 aliphatic rings. The van der Waals surface area contributed by atoms with Gasteiger partial charge in [-0.25, -0.2) is 0 Å². The highest BCUT2D eigenvalue weighted by molar-refractivity contribution is 5.76. The third-order valence-corrected chi connectivity index (χ3v) is 8.13. The van der Waals surface area contributed by atoms with Gasteiger partial charge in [-0.2, -0.15) is 0 Å². The second-order valence-electron chi connectivity index (χ2n) is 10.6. The van der Waals surface area contributed by atoms with Crippen LogP contribution in [0.15, 0.2) is 60.7 Å². The van der Waals surface area contributed by atoms with Gasteiger partial charge in [0.25, 0.3) is 0 Å². The molecule has 3 aromatic rings. The number of rotatable bonds is 10. The van der Waals surface area contributed by atoms with Crippen LogP contribution >= 0.6 is 0 Å². The van der Waals surface area contributed by atoms with E-state index >= 15 is 0 Å². The maximum absolute atomic E-state index is 12.7. The van der Waals surface area contributed by atoms with Crippen molar-refractivity contribution in [3.63, 3.8) is 0 Å². The Morgan fingerprint density at radius 3 is 2.33 bits per heavy atom. The summed E-state index contributed by atoms with van der Waals surface area (Å²) in [6.07, 6.45) is 8.32. The van der Waals surface area contributed by atoms with Crippen LogP contribution in [-0.4, -0.2) is 45.2 Å². The molecule has 6 nitrogen and oxygen atoms in total. The number of carbonyl (C=O) groups is 1. The van der Waals surface area contributed by atoms with Gasteiger partial charge in [-0.15, -0.1) is 10.2 Å². The maximum atomic E-state index is 12.7. The number of piperidine rings is 1. The predicted molar refractivity (Wildman–Crippen MR) is 143 cm³/mol. The standard InChI is InChI=1S/C30H39N5O/c1-34-28(21-23-9-4-2-5-10-23)32-33-30(34)26-15-18-35(19-16-26)20-17-27(25-13-6-3-7-14-25)31-29(36)22-24-11-8-12-24/h2-7,9-10,13-14,24,26-27H,8,11-12,15-22H2,1H3,(H,31,36)/t27-/m0/s1. The van der Waals surface area contributed by atoms with Crippen molar-refractivity contribution in [2.75, 3.05) is 19.6 Å². The summed E-state index contributed by atoms with van der Waals surface area (Å²) >= 11 is 0. The van der Waals surface area contributed by atoms with Crippen molar-refractivity contribution in [1.29, 1.82) is 0 Å². The molecular formula is C30H39N5O. The van der Waals surface area contributed by atoms with Gasteiger partial charge in [0.15, 0.2) is 0 Å². The maximum Gasteiger partial charge on any atom is 0.220 e. The Bertz CT molecular complexity index is 1100. The van der Waals surface area contributed by atoms with Gasteiger partial charge >= 0.3 is 0 Å². The first kappa shape index (κ1) is 24.7. The Labute approximate surface area is 215 Å². The summed E-state index contributed by atoms with van der Waals surface area (Å²) in [5.41, 5.74) is 2.47. The van der Waals surface area contributed by atoms with Gasteiger partial charge in [-0.3, -0.25) is 4.79 Å². The zero-order chi connectivity index (χ0) is 24.7. The molecule has 6 heteroatoms. The van der Waals surface area contributed by atoms with E-state index in [1.54, 1.807) is 0 Å². The quantitative estimate of drug-likeness (QED) is 0.438. The number of hydrogen-bond donors (Lipinski definition) is 1. The van der Waals surface area contributed by atoms with E-state index < -0.39 is 0 Å². The Kier molecular flexibility index (Phi) is 8.11. The molecule has 1 N–H and O–H groups in total. The van der Waals surface area contributed by atoms with Gasteiger partial charge in [0.1, 0.15) is 11.6 Å². The molecule has 2 heterocycles. The minimum atomic E-state index is 0.0794. The summed E-state index contributed by atoms with van der Waals surface area (Å²) in [6, 6.07) is 21.0. The highest BCUT2D eigenvalue weighted by Crippen LogP contribution is 2.30. The zero-order valence-corrected chi connectivity index (χ0v) is 21.5. The molecule has 1 aliphatic heterocycles. The number of aromatic nitrogens is 3. The lowest BCUT2D eigenvalue weighted by molar-refractivity contribution is -0.123. The summed E-state index contributed by atoms with van der Waals surface area (Å²) < 4.78 is 2.20. The average Bonchev–Trinajstić information content (AvgIpc) is 3.25. The molecule has 5 rings (SSSR count). The van der Waals surface area contributed by atoms with E-state index in [1.165, 1.54) is 30.4 Å². The van der Waals surface area contributed by atoms with Crippen molar-refractivity contribution in [3.05, 3.63) is 83.4 Å². The smallest absolute Gasteiger partial charge is 0.220 e. The number of hydrogen-bond acceptors (Lipinski definition) is 4. The summed E-state index contributed by atoms with van der Waals surface area (Å²) in [5.74, 6) is 3.40. The molecule has 0 radical (unpaired) electrons. The lowest BCUT2D eigenvalue weighted by Crippen LogP contribution is -2.37. The number of likely N-dealkylation sites (tertiary alicyclic amines) is 1. The highest BCUT2D eigenvalue weighted by Gasteiger charge is 2.27. The van der Waals surface area contributed by atoms with Gasteiger partial charge in [0, 0.05) is 32.4 Å². The predicted octanol–water partition coefficient (Wildman–Crippen LogP) is 5.02. The summed E-state index contributed by atoms with van der Waals surface area (Å²) in [6.45, 7) is 3.11. The SMILES string of the molecule is Cn1c(Cc2ccccc2)nnc1C1CCN(CC[C@H](NC(=O)CC2CCC2)c2ccccc2)CC1. The van der Waals surface area contributed by atoms with Crippen LogP contribution in [0.2, 0.25) is 0 Å². The van der Waals surface area contributed by atoms with Crippen molar-refractivity contribution < 1.29 is 4.79 Å². The lowest BCUT2D eigenvalue weighted by atomic mass is 9.83. The van der Waals surface area contributed by atoms with Crippen LogP contribution in [0, 0.1) is 5.92 Å². The molecule has 190 valence electrons. The number of benzene rings is 2. The molecule has 1 amide bonds. The molecule has 36 heavy (non-hydrogen) atoms. The fraction of sp³-hybridized carbons (Fsp3) is 0.500. The van der Waals surface area contributed by atoms with Crippen LogP contribution in [0.4, 0.5) is 0 Å². The summed E-state index contributed by atoms with van der Waals surface area (Å²) in [7, 11) is 2.11. The van der Waals surface area contributed by atoms with Crippen LogP contribution in [-0.2, 0) is 18.3 Å². The third kappa shape index (κ3) is 6.22. The average molecular weight is 486 g/mol. The Hall–Kier alpha value is -2.99. The molecule has 1 atom stereocenters. The van der Waals surface area contributed by atoms with Crippen LogP contribution < -0.4 is 5.32 Å². The molecule has 2 fully saturated rings. The molecule has 0 bridgehead atoms. The minimum absolute atomic E-state index is 0.0794. The zero-order valence-electron chi connectivity index (χ0n) is 21.5. The van der Waals surface area contributed by atoms with Crippen LogP contribution in [0.25, 0.3) is 0 Å². The molecule has 1 saturated heterocycles. The van der Waals surface area contributed by atoms with Crippen LogP contribution in [0.1, 0.15) is 79.7 Å². The normalized spacial score (nSPS) is 18.0. The third-order valence-electron chi connectivity index (χ3n) is 8.13. The molecular weight excluding hydrogens is 446 g/mol. The Balaban J connectivity index is 1.13. The first-order valence-corrected chi connectivity index (χ1v) is 13.6. The number of carbonyl (C=O) groups excluding carboxylic acids is 1. The molecule has 2 aromatic carbocycles. The molecule has 1 saturated carbocycles. The van der Waals surface area contributed by atoms with E-state index in [9.17, 15) is 4.79 Å². The van der Waals surface area contributed by atoms with E-state index in [0.29, 0.717) is 18.3 Å². The summed E-state index contributed by atoms with van der Waals surface area (Å²) in [5, 5.41) is 12.5. The van der Waals surface area contributed by atoms with Crippen LogP contribution in [0.3, 0.4) is 0 Å². The first-order valence-electron chi connectivity index (χ1n) is 13.6. The first-order chi connectivity index (χ1) is 17.7. The molecule has 0 unspecified atom stereocenters. The van der Waals surface area contributed by atoms with E-state index in [4.69, 9.17) is 0 Å². The van der Waals surface area contributed by atoms with Gasteiger partial charge < -0.3 is 14.8 Å². The number of nitrogens with one attached hydrogen (secondary N) is 1. The van der Waals surface area contributed by atoms with Gasteiger partial charge in [-0.05, 0) is 62.2 Å². The van der Waals surface area contributed by atoms with Gasteiger partial charge in [-0.1, -0.05) is 67.1 Å². The topological polar surface area (TPSA) is 63.1 Å². The largest absolute Gasteiger partial charge is 0.349 e. The Morgan fingerprint density at radius 1 is 0.972 bits per heavy atom. The molecule has 0 spiro atoms. The monoisotopic (exact) mass is 485 g/mol. The highest BCUT2D eigenvalue weighted by atomic mass is 16.1. The molecule has 1 aromatic heterocycles. The van der Waals surface area contributed by atoms with E-state index in [-0.39, 0.29) is 11.9 Å². The second-order valence-corrected chi connectivity index (χ2v) is 10.6. The van der Waals surface area contributed by atoms with Crippen molar-refractivity contribution in [2.45, 2.75) is 63.3 Å². The van der Waals surface area contributed by atoms with Crippen molar-refractivity contribution >= 4 is 5.91 Å². The van der Waals surface area contributed by atoms with E-state index in [2.05, 4.69) is 80.6 Å². The second kappa shape index (κ2) is 11.8. The lowest BCUT2D eigenvalue weighted by Gasteiger charge is -2.33. The summed E-state index contributed by atoms with van der Waals surface area (Å²) in [4.78, 5) is 15.2. The van der Waals surface area contributed by atoms with Crippen LogP contribution in [0.5, 0.6) is 0 Å². The fourth-order valence-corrected chi connectivity index (χ4v) is 5.61. The number of nitrogens with zero attached hydrogens (tertiary/aromatic N) is 4. The van der Waals surface area contributed by atoms with Crippen molar-refractivity contribution in [2.24, 2.45) is 13.0 Å². The molecule has 1 aliphatic carbocycles. The Morgan fingerprint density at radius 2 is 1.67 bits per heavy atom. The van der Waals surface area contributed by atoms with E-state index in [0.717, 1.165) is 57.0 Å².